The molecular formula is C20H22O3. The highest BCUT2D eigenvalue weighted by atomic mass is 16.3. The molecule has 0 aliphatic rings. The third kappa shape index (κ3) is 2.83. The Morgan fingerprint density at radius 2 is 1.13 bits per heavy atom. The van der Waals surface area contributed by atoms with E-state index in [4.69, 9.17) is 0 Å². The summed E-state index contributed by atoms with van der Waals surface area (Å²) in [6.45, 7) is 0.286. The zero-order valence-corrected chi connectivity index (χ0v) is 13.1. The summed E-state index contributed by atoms with van der Waals surface area (Å²) in [5.74, 6) is 0. The fraction of sp³-hybridized carbons (Fsp3) is 0.300. The summed E-state index contributed by atoms with van der Waals surface area (Å²) in [4.78, 5) is 0. The molecule has 0 amide bonds. The molecule has 0 heterocycles. The van der Waals surface area contributed by atoms with Gasteiger partial charge in [-0.15, -0.1) is 0 Å². The zero-order chi connectivity index (χ0) is 16.2. The summed E-state index contributed by atoms with van der Waals surface area (Å²) in [7, 11) is 0. The molecule has 0 fully saturated rings. The molecule has 3 heteroatoms. The number of hydrogen-bond acceptors (Lipinski definition) is 3. The van der Waals surface area contributed by atoms with Gasteiger partial charge in [-0.25, -0.2) is 0 Å². The molecule has 0 saturated heterocycles. The van der Waals surface area contributed by atoms with Crippen molar-refractivity contribution in [1.82, 2.24) is 0 Å². The first kappa shape index (κ1) is 15.9. The molecule has 3 N–H and O–H groups in total. The predicted molar refractivity (Wildman–Crippen MR) is 93.8 cm³/mol. The SMILES string of the molecule is OCCc1c2ccccc2c(CCO)c2c(CCO)cccc12. The van der Waals surface area contributed by atoms with Crippen molar-refractivity contribution in [2.75, 3.05) is 19.8 Å². The minimum atomic E-state index is 0.0892. The normalized spacial score (nSPS) is 11.4. The first-order valence-corrected chi connectivity index (χ1v) is 8.08. The van der Waals surface area contributed by atoms with Crippen molar-refractivity contribution in [3.8, 4) is 0 Å². The largest absolute Gasteiger partial charge is 0.396 e. The van der Waals surface area contributed by atoms with Gasteiger partial charge in [-0.2, -0.15) is 0 Å². The number of aliphatic hydroxyl groups excluding tert-OH is 3. The standard InChI is InChI=1S/C20H22O3/c21-11-8-14-4-3-7-18-17(9-12-22)15-5-1-2-6-16(15)19(10-13-23)20(14)18/h1-7,21-23H,8-13H2. The third-order valence-corrected chi connectivity index (χ3v) is 4.46. The van der Waals surface area contributed by atoms with Crippen LogP contribution < -0.4 is 0 Å². The van der Waals surface area contributed by atoms with E-state index >= 15 is 0 Å². The van der Waals surface area contributed by atoms with Crippen molar-refractivity contribution >= 4 is 21.5 Å². The van der Waals surface area contributed by atoms with Crippen molar-refractivity contribution < 1.29 is 15.3 Å². The molecule has 0 atom stereocenters. The summed E-state index contributed by atoms with van der Waals surface area (Å²) < 4.78 is 0. The fourth-order valence-corrected chi connectivity index (χ4v) is 3.58. The van der Waals surface area contributed by atoms with E-state index in [9.17, 15) is 15.3 Å². The van der Waals surface area contributed by atoms with Crippen LogP contribution in [0.4, 0.5) is 0 Å². The lowest BCUT2D eigenvalue weighted by atomic mass is 9.86. The van der Waals surface area contributed by atoms with Crippen LogP contribution in [0.25, 0.3) is 21.5 Å². The molecular weight excluding hydrogens is 288 g/mol. The molecule has 0 radical (unpaired) electrons. The second-order valence-corrected chi connectivity index (χ2v) is 5.76. The van der Waals surface area contributed by atoms with Gasteiger partial charge >= 0.3 is 0 Å². The Hall–Kier alpha value is -1.94. The van der Waals surface area contributed by atoms with E-state index in [1.54, 1.807) is 0 Å². The van der Waals surface area contributed by atoms with Crippen LogP contribution in [0.15, 0.2) is 42.5 Å². The van der Waals surface area contributed by atoms with Crippen molar-refractivity contribution in [3.05, 3.63) is 59.2 Å². The topological polar surface area (TPSA) is 60.7 Å². The summed E-state index contributed by atoms with van der Waals surface area (Å²) in [5, 5.41) is 32.9. The predicted octanol–water partition coefficient (Wildman–Crippen LogP) is 2.60. The van der Waals surface area contributed by atoms with Gasteiger partial charge in [0, 0.05) is 19.8 Å². The van der Waals surface area contributed by atoms with E-state index in [2.05, 4.69) is 18.2 Å². The zero-order valence-electron chi connectivity index (χ0n) is 13.1. The van der Waals surface area contributed by atoms with Crippen LogP contribution in [-0.2, 0) is 19.3 Å². The smallest absolute Gasteiger partial charge is 0.0471 e. The average molecular weight is 310 g/mol. The van der Waals surface area contributed by atoms with E-state index in [1.165, 1.54) is 0 Å². The Kier molecular flexibility index (Phi) is 4.91. The summed E-state index contributed by atoms with van der Waals surface area (Å²) in [6.07, 6.45) is 1.77. The summed E-state index contributed by atoms with van der Waals surface area (Å²) >= 11 is 0. The van der Waals surface area contributed by atoms with Crippen LogP contribution in [0.2, 0.25) is 0 Å². The number of rotatable bonds is 6. The van der Waals surface area contributed by atoms with Gasteiger partial charge in [0.25, 0.3) is 0 Å². The van der Waals surface area contributed by atoms with Crippen LogP contribution in [0.3, 0.4) is 0 Å². The lowest BCUT2D eigenvalue weighted by Gasteiger charge is -2.18. The molecule has 3 aromatic carbocycles. The fourth-order valence-electron chi connectivity index (χ4n) is 3.58. The van der Waals surface area contributed by atoms with Crippen LogP contribution in [0.5, 0.6) is 0 Å². The quantitative estimate of drug-likeness (QED) is 0.613. The maximum Gasteiger partial charge on any atom is 0.0471 e. The molecule has 0 aliphatic carbocycles. The molecule has 0 spiro atoms. The lowest BCUT2D eigenvalue weighted by Crippen LogP contribution is -2.03. The summed E-state index contributed by atoms with van der Waals surface area (Å²) in [6, 6.07) is 14.3. The first-order chi connectivity index (χ1) is 11.3. The highest BCUT2D eigenvalue weighted by Gasteiger charge is 2.15. The van der Waals surface area contributed by atoms with Gasteiger partial charge in [-0.1, -0.05) is 42.5 Å². The van der Waals surface area contributed by atoms with Gasteiger partial charge in [0.1, 0.15) is 0 Å². The highest BCUT2D eigenvalue weighted by molar-refractivity contribution is 6.07. The van der Waals surface area contributed by atoms with Crippen molar-refractivity contribution in [3.63, 3.8) is 0 Å². The van der Waals surface area contributed by atoms with Gasteiger partial charge in [0.2, 0.25) is 0 Å². The molecule has 120 valence electrons. The van der Waals surface area contributed by atoms with E-state index in [-0.39, 0.29) is 19.8 Å². The van der Waals surface area contributed by atoms with E-state index in [1.807, 2.05) is 24.3 Å². The second-order valence-electron chi connectivity index (χ2n) is 5.76. The molecule has 3 aromatic rings. The average Bonchev–Trinajstić information content (AvgIpc) is 2.58. The van der Waals surface area contributed by atoms with E-state index < -0.39 is 0 Å². The summed E-state index contributed by atoms with van der Waals surface area (Å²) in [5.41, 5.74) is 3.36. The molecule has 0 unspecified atom stereocenters. The van der Waals surface area contributed by atoms with Gasteiger partial charge < -0.3 is 15.3 Å². The molecule has 0 bridgehead atoms. The Morgan fingerprint density at radius 3 is 1.78 bits per heavy atom. The Balaban J connectivity index is 2.48. The van der Waals surface area contributed by atoms with Crippen LogP contribution in [-0.4, -0.2) is 35.1 Å². The van der Waals surface area contributed by atoms with Crippen LogP contribution in [0.1, 0.15) is 16.7 Å². The molecule has 0 saturated carbocycles. The van der Waals surface area contributed by atoms with Crippen LogP contribution >= 0.6 is 0 Å². The molecule has 0 aliphatic heterocycles. The first-order valence-electron chi connectivity index (χ1n) is 8.08. The number of aliphatic hydroxyl groups is 3. The second kappa shape index (κ2) is 7.09. The minimum Gasteiger partial charge on any atom is -0.396 e. The van der Waals surface area contributed by atoms with Crippen molar-refractivity contribution in [2.45, 2.75) is 19.3 Å². The molecule has 3 rings (SSSR count). The van der Waals surface area contributed by atoms with E-state index in [0.29, 0.717) is 19.3 Å². The van der Waals surface area contributed by atoms with Gasteiger partial charge in [-0.05, 0) is 57.5 Å². The maximum atomic E-state index is 9.54. The minimum absolute atomic E-state index is 0.0892. The number of benzene rings is 3. The third-order valence-electron chi connectivity index (χ3n) is 4.46. The van der Waals surface area contributed by atoms with Crippen molar-refractivity contribution in [2.24, 2.45) is 0 Å². The number of hydrogen-bond donors (Lipinski definition) is 3. The van der Waals surface area contributed by atoms with Gasteiger partial charge in [0.15, 0.2) is 0 Å². The van der Waals surface area contributed by atoms with Gasteiger partial charge in [-0.3, -0.25) is 0 Å². The Bertz CT molecular complexity index is 824. The van der Waals surface area contributed by atoms with Crippen LogP contribution in [0, 0.1) is 0 Å². The molecule has 0 aromatic heterocycles. The molecule has 23 heavy (non-hydrogen) atoms. The van der Waals surface area contributed by atoms with Gasteiger partial charge in [0.05, 0.1) is 0 Å². The highest BCUT2D eigenvalue weighted by Crippen LogP contribution is 2.35. The molecule has 3 nitrogen and oxygen atoms in total. The lowest BCUT2D eigenvalue weighted by molar-refractivity contribution is 0.298. The monoisotopic (exact) mass is 310 g/mol. The Labute approximate surface area is 135 Å². The number of fused-ring (bicyclic) bond motifs is 2. The van der Waals surface area contributed by atoms with Crippen molar-refractivity contribution in [1.29, 1.82) is 0 Å². The maximum absolute atomic E-state index is 9.54. The van der Waals surface area contributed by atoms with E-state index in [0.717, 1.165) is 38.2 Å². The Morgan fingerprint density at radius 1 is 0.565 bits per heavy atom.